The van der Waals surface area contributed by atoms with Gasteiger partial charge in [0.25, 0.3) is 5.91 Å². The lowest BCUT2D eigenvalue weighted by Gasteiger charge is -2.24. The van der Waals surface area contributed by atoms with Gasteiger partial charge < -0.3 is 14.6 Å². The summed E-state index contributed by atoms with van der Waals surface area (Å²) in [6.07, 6.45) is 7.48. The highest BCUT2D eigenvalue weighted by Gasteiger charge is 2.58. The molecular weight excluding hydrogens is 539 g/mol. The Morgan fingerprint density at radius 3 is 2.70 bits per heavy atom. The van der Waals surface area contributed by atoms with E-state index in [1.54, 1.807) is 7.11 Å². The Kier molecular flexibility index (Phi) is 8.12. The second-order valence-corrected chi connectivity index (χ2v) is 14.0. The van der Waals surface area contributed by atoms with Crippen LogP contribution in [0.4, 0.5) is 0 Å². The summed E-state index contributed by atoms with van der Waals surface area (Å²) in [5.74, 6) is 1.87. The molecule has 2 saturated carbocycles. The molecule has 6 rings (SSSR count). The summed E-state index contributed by atoms with van der Waals surface area (Å²) in [5.41, 5.74) is 7.48. The molecule has 0 bridgehead atoms. The number of likely N-dealkylation sites (N-methyl/N-ethyl adjacent to an activating group) is 1. The summed E-state index contributed by atoms with van der Waals surface area (Å²) in [5, 5.41) is 4.56. The number of ether oxygens (including phenoxy) is 1. The van der Waals surface area contributed by atoms with Gasteiger partial charge in [-0.05, 0) is 87.8 Å². The quantitative estimate of drug-likeness (QED) is 0.204. The minimum Gasteiger partial charge on any atom is -0.497 e. The molecule has 40 heavy (non-hydrogen) atoms. The third-order valence-corrected chi connectivity index (χ3v) is 10.8. The average molecular weight is 580 g/mol. The van der Waals surface area contributed by atoms with Crippen molar-refractivity contribution in [3.8, 4) is 17.0 Å². The predicted octanol–water partition coefficient (Wildman–Crippen LogP) is 5.92. The summed E-state index contributed by atoms with van der Waals surface area (Å²) >= 11 is 3.21. The molecule has 2 atom stereocenters. The van der Waals surface area contributed by atoms with Crippen molar-refractivity contribution in [3.05, 3.63) is 53.1 Å². The van der Waals surface area contributed by atoms with Crippen LogP contribution in [0.1, 0.15) is 71.8 Å². The SMILES string of the molecule is CNCCNSC12CC1c1cc(OC)ccc1-c1c(C3CCCCC3)c3ccc(C(=O)NSN(C)C)cc3n1C2. The number of fused-ring (bicyclic) bond motifs is 7. The van der Waals surface area contributed by atoms with Crippen LogP contribution in [0.5, 0.6) is 5.75 Å². The Labute approximate surface area is 246 Å². The number of nitrogens with zero attached hydrogens (tertiary/aromatic N) is 2. The van der Waals surface area contributed by atoms with Crippen LogP contribution in [0.2, 0.25) is 0 Å². The predicted molar refractivity (Wildman–Crippen MR) is 168 cm³/mol. The monoisotopic (exact) mass is 579 g/mol. The fourth-order valence-corrected chi connectivity index (χ4v) is 8.37. The highest BCUT2D eigenvalue weighted by molar-refractivity contribution is 7.99. The maximum absolute atomic E-state index is 13.1. The summed E-state index contributed by atoms with van der Waals surface area (Å²) in [4.78, 5) is 13.1. The third-order valence-electron chi connectivity index (χ3n) is 8.79. The van der Waals surface area contributed by atoms with Gasteiger partial charge in [0.15, 0.2) is 0 Å². The molecule has 2 unspecified atom stereocenters. The number of amides is 1. The van der Waals surface area contributed by atoms with E-state index in [1.165, 1.54) is 77.5 Å². The Morgan fingerprint density at radius 1 is 1.12 bits per heavy atom. The summed E-state index contributed by atoms with van der Waals surface area (Å²) in [6.45, 7) is 2.77. The average Bonchev–Trinajstić information content (AvgIpc) is 3.62. The maximum atomic E-state index is 13.1. The molecule has 1 aliphatic heterocycles. The normalized spacial score (nSPS) is 22.0. The van der Waals surface area contributed by atoms with Gasteiger partial charge in [0.05, 0.1) is 17.6 Å². The molecule has 0 radical (unpaired) electrons. The number of aromatic nitrogens is 1. The first-order valence-corrected chi connectivity index (χ1v) is 16.1. The standard InChI is InChI=1S/C31H41N5O2S2/c1-32-14-15-33-39-31-18-26(31)25-17-22(38-4)11-13-23(25)29-28(20-8-6-5-7-9-20)24-12-10-21(16-27(24)36(29)19-31)30(37)34-40-35(2)3/h10-13,16-17,20,26,32-33H,5-9,14-15,18-19H2,1-4H3,(H,34,37). The van der Waals surface area contributed by atoms with Gasteiger partial charge in [0, 0.05) is 59.7 Å². The Bertz CT molecular complexity index is 1400. The van der Waals surface area contributed by atoms with Gasteiger partial charge in [-0.1, -0.05) is 37.3 Å². The molecule has 214 valence electrons. The van der Waals surface area contributed by atoms with E-state index in [4.69, 9.17) is 4.74 Å². The molecule has 2 fully saturated rings. The van der Waals surface area contributed by atoms with Gasteiger partial charge in [-0.3, -0.25) is 14.2 Å². The van der Waals surface area contributed by atoms with E-state index in [-0.39, 0.29) is 10.7 Å². The molecule has 7 nitrogen and oxygen atoms in total. The van der Waals surface area contributed by atoms with Crippen LogP contribution < -0.4 is 19.5 Å². The highest BCUT2D eigenvalue weighted by atomic mass is 32.2. The van der Waals surface area contributed by atoms with Crippen LogP contribution in [0, 0.1) is 0 Å². The molecule has 9 heteroatoms. The van der Waals surface area contributed by atoms with Crippen LogP contribution >= 0.6 is 24.1 Å². The summed E-state index contributed by atoms with van der Waals surface area (Å²) in [7, 11) is 7.61. The summed E-state index contributed by atoms with van der Waals surface area (Å²) < 4.78 is 16.9. The Morgan fingerprint density at radius 2 is 1.95 bits per heavy atom. The van der Waals surface area contributed by atoms with Crippen molar-refractivity contribution in [3.63, 3.8) is 0 Å². The molecule has 1 aromatic heterocycles. The molecule has 0 spiro atoms. The van der Waals surface area contributed by atoms with Crippen molar-refractivity contribution in [1.29, 1.82) is 0 Å². The second-order valence-electron chi connectivity index (χ2n) is 11.6. The van der Waals surface area contributed by atoms with Gasteiger partial charge in [0.2, 0.25) is 0 Å². The van der Waals surface area contributed by atoms with Gasteiger partial charge in [-0.2, -0.15) is 0 Å². The largest absolute Gasteiger partial charge is 0.497 e. The van der Waals surface area contributed by atoms with Crippen molar-refractivity contribution < 1.29 is 9.53 Å². The lowest BCUT2D eigenvalue weighted by Crippen LogP contribution is -2.26. The van der Waals surface area contributed by atoms with Crippen LogP contribution in [0.3, 0.4) is 0 Å². The van der Waals surface area contributed by atoms with Crippen LogP contribution in [0.15, 0.2) is 36.4 Å². The van der Waals surface area contributed by atoms with E-state index in [1.807, 2.05) is 43.5 Å². The van der Waals surface area contributed by atoms with E-state index in [9.17, 15) is 4.79 Å². The lowest BCUT2D eigenvalue weighted by molar-refractivity contribution is 0.0983. The van der Waals surface area contributed by atoms with Gasteiger partial charge in [-0.15, -0.1) is 0 Å². The molecule has 3 aromatic rings. The molecular formula is C31H41N5O2S2. The zero-order valence-corrected chi connectivity index (χ0v) is 25.6. The number of nitrogens with one attached hydrogen (secondary N) is 3. The topological polar surface area (TPSA) is 70.6 Å². The zero-order valence-electron chi connectivity index (χ0n) is 24.0. The first-order valence-electron chi connectivity index (χ1n) is 14.5. The molecule has 1 amide bonds. The van der Waals surface area contributed by atoms with E-state index >= 15 is 0 Å². The van der Waals surface area contributed by atoms with Crippen molar-refractivity contribution >= 4 is 40.9 Å². The molecule has 0 saturated heterocycles. The van der Waals surface area contributed by atoms with E-state index in [0.717, 1.165) is 31.8 Å². The van der Waals surface area contributed by atoms with Gasteiger partial charge in [-0.25, -0.2) is 4.31 Å². The fourth-order valence-electron chi connectivity index (χ4n) is 6.78. The highest BCUT2D eigenvalue weighted by Crippen LogP contribution is 2.65. The number of carbonyl (C=O) groups is 1. The van der Waals surface area contributed by atoms with Crippen molar-refractivity contribution in [2.45, 2.75) is 61.7 Å². The minimum absolute atomic E-state index is 0.0590. The van der Waals surface area contributed by atoms with Crippen LogP contribution in [-0.2, 0) is 6.54 Å². The number of carbonyl (C=O) groups excluding carboxylic acids is 1. The van der Waals surface area contributed by atoms with Crippen LogP contribution in [0.25, 0.3) is 22.2 Å². The Hall–Kier alpha value is -2.17. The molecule has 2 aromatic carbocycles. The minimum atomic E-state index is -0.0590. The number of hydrogen-bond acceptors (Lipinski definition) is 7. The van der Waals surface area contributed by atoms with Gasteiger partial charge in [0.1, 0.15) is 5.75 Å². The second kappa shape index (κ2) is 11.6. The summed E-state index contributed by atoms with van der Waals surface area (Å²) in [6, 6.07) is 13.1. The molecule has 3 aliphatic rings. The third kappa shape index (κ3) is 5.15. The smallest absolute Gasteiger partial charge is 0.262 e. The number of hydrogen-bond donors (Lipinski definition) is 3. The number of methoxy groups -OCH3 is 1. The molecule has 3 N–H and O–H groups in total. The maximum Gasteiger partial charge on any atom is 0.262 e. The number of rotatable bonds is 10. The Balaban J connectivity index is 1.52. The van der Waals surface area contributed by atoms with Crippen molar-refractivity contribution in [2.24, 2.45) is 0 Å². The van der Waals surface area contributed by atoms with E-state index < -0.39 is 0 Å². The van der Waals surface area contributed by atoms with Crippen LogP contribution in [-0.4, -0.2) is 60.9 Å². The van der Waals surface area contributed by atoms with Crippen molar-refractivity contribution in [2.75, 3.05) is 41.3 Å². The van der Waals surface area contributed by atoms with Crippen molar-refractivity contribution in [1.82, 2.24) is 23.6 Å². The van der Waals surface area contributed by atoms with Gasteiger partial charge >= 0.3 is 0 Å². The first kappa shape index (κ1) is 28.0. The molecule has 2 aliphatic carbocycles. The van der Waals surface area contributed by atoms with E-state index in [2.05, 4.69) is 49.7 Å². The fraction of sp³-hybridized carbons (Fsp3) is 0.516. The first-order chi connectivity index (χ1) is 19.5. The lowest BCUT2D eigenvalue weighted by atomic mass is 9.81. The van der Waals surface area contributed by atoms with E-state index in [0.29, 0.717) is 17.4 Å². The number of benzene rings is 2. The zero-order chi connectivity index (χ0) is 27.9. The molecule has 2 heterocycles.